The highest BCUT2D eigenvalue weighted by molar-refractivity contribution is 5.94. The average Bonchev–Trinajstić information content (AvgIpc) is 2.87. The van der Waals surface area contributed by atoms with Crippen LogP contribution in [0.15, 0.2) is 24.3 Å². The second-order valence-electron chi connectivity index (χ2n) is 5.80. The Hall–Kier alpha value is -1.84. The maximum Gasteiger partial charge on any atom is 0.306 e. The maximum absolute atomic E-state index is 12.1. The summed E-state index contributed by atoms with van der Waals surface area (Å²) < 4.78 is 0. The van der Waals surface area contributed by atoms with Crippen molar-refractivity contribution in [3.8, 4) is 0 Å². The highest BCUT2D eigenvalue weighted by atomic mass is 16.4. The first kappa shape index (κ1) is 14.6. The first-order chi connectivity index (χ1) is 9.47. The van der Waals surface area contributed by atoms with Crippen molar-refractivity contribution < 1.29 is 14.7 Å². The van der Waals surface area contributed by atoms with Crippen molar-refractivity contribution in [2.45, 2.75) is 45.1 Å². The second kappa shape index (κ2) is 6.07. The van der Waals surface area contributed by atoms with Crippen molar-refractivity contribution in [3.05, 3.63) is 35.4 Å². The normalized spacial score (nSPS) is 21.9. The molecule has 0 bridgehead atoms. The van der Waals surface area contributed by atoms with E-state index in [0.29, 0.717) is 24.3 Å². The molecule has 1 aromatic carbocycles. The van der Waals surface area contributed by atoms with Gasteiger partial charge >= 0.3 is 5.97 Å². The molecule has 1 fully saturated rings. The van der Waals surface area contributed by atoms with E-state index in [1.54, 1.807) is 0 Å². The summed E-state index contributed by atoms with van der Waals surface area (Å²) >= 11 is 0. The highest BCUT2D eigenvalue weighted by Gasteiger charge is 2.30. The van der Waals surface area contributed by atoms with E-state index in [9.17, 15) is 9.59 Å². The molecule has 2 unspecified atom stereocenters. The Morgan fingerprint density at radius 2 is 1.85 bits per heavy atom. The second-order valence-corrected chi connectivity index (χ2v) is 5.80. The molecular formula is C16H21NO3. The summed E-state index contributed by atoms with van der Waals surface area (Å²) in [5.74, 6) is -0.749. The number of carbonyl (C=O) groups excluding carboxylic acids is 1. The number of hydrogen-bond acceptors (Lipinski definition) is 2. The van der Waals surface area contributed by atoms with Crippen molar-refractivity contribution in [1.82, 2.24) is 5.32 Å². The Balaban J connectivity index is 1.94. The lowest BCUT2D eigenvalue weighted by Gasteiger charge is -2.13. The molecule has 0 radical (unpaired) electrons. The van der Waals surface area contributed by atoms with E-state index >= 15 is 0 Å². The first-order valence-electron chi connectivity index (χ1n) is 7.11. The summed E-state index contributed by atoms with van der Waals surface area (Å²) in [6.45, 7) is 4.22. The number of amides is 1. The molecule has 20 heavy (non-hydrogen) atoms. The molecule has 0 aromatic heterocycles. The number of carbonyl (C=O) groups is 2. The zero-order valence-electron chi connectivity index (χ0n) is 11.9. The predicted octanol–water partition coefficient (Wildman–Crippen LogP) is 2.79. The van der Waals surface area contributed by atoms with Gasteiger partial charge in [-0.1, -0.05) is 26.0 Å². The van der Waals surface area contributed by atoms with Crippen molar-refractivity contribution in [2.75, 3.05) is 0 Å². The van der Waals surface area contributed by atoms with E-state index in [4.69, 9.17) is 5.11 Å². The number of nitrogens with one attached hydrogen (secondary N) is 1. The summed E-state index contributed by atoms with van der Waals surface area (Å²) in [7, 11) is 0. The third kappa shape index (κ3) is 3.38. The molecule has 0 spiro atoms. The van der Waals surface area contributed by atoms with Crippen LogP contribution < -0.4 is 5.32 Å². The number of carboxylic acid groups (broad SMARTS) is 1. The summed E-state index contributed by atoms with van der Waals surface area (Å²) in [5, 5.41) is 11.9. The van der Waals surface area contributed by atoms with Gasteiger partial charge in [0.25, 0.3) is 5.91 Å². The van der Waals surface area contributed by atoms with Crippen LogP contribution in [0.4, 0.5) is 0 Å². The fraction of sp³-hybridized carbons (Fsp3) is 0.500. The zero-order chi connectivity index (χ0) is 14.7. The maximum atomic E-state index is 12.1. The lowest BCUT2D eigenvalue weighted by molar-refractivity contribution is -0.141. The van der Waals surface area contributed by atoms with Gasteiger partial charge in [0, 0.05) is 11.6 Å². The lowest BCUT2D eigenvalue weighted by Crippen LogP contribution is -2.33. The number of benzene rings is 1. The minimum atomic E-state index is -0.761. The Labute approximate surface area is 119 Å². The van der Waals surface area contributed by atoms with Gasteiger partial charge in [-0.2, -0.15) is 0 Å². The van der Waals surface area contributed by atoms with Crippen molar-refractivity contribution >= 4 is 11.9 Å². The molecule has 4 nitrogen and oxygen atoms in total. The Bertz CT molecular complexity index is 493. The molecule has 1 aromatic rings. The SMILES string of the molecule is CC(C)c1ccc(C(=O)NC2CCC(C(=O)O)C2)cc1. The number of rotatable bonds is 4. The predicted molar refractivity (Wildman–Crippen MR) is 76.8 cm³/mol. The fourth-order valence-corrected chi connectivity index (χ4v) is 2.63. The molecule has 2 N–H and O–H groups in total. The van der Waals surface area contributed by atoms with Gasteiger partial charge in [0.2, 0.25) is 0 Å². The van der Waals surface area contributed by atoms with Gasteiger partial charge in [0.05, 0.1) is 5.92 Å². The molecule has 1 saturated carbocycles. The molecule has 108 valence electrons. The van der Waals surface area contributed by atoms with E-state index < -0.39 is 5.97 Å². The Morgan fingerprint density at radius 3 is 2.35 bits per heavy atom. The topological polar surface area (TPSA) is 66.4 Å². The molecule has 4 heteroatoms. The van der Waals surface area contributed by atoms with Crippen LogP contribution in [0.1, 0.15) is 54.9 Å². The van der Waals surface area contributed by atoms with Gasteiger partial charge in [0.1, 0.15) is 0 Å². The van der Waals surface area contributed by atoms with Gasteiger partial charge < -0.3 is 10.4 Å². The average molecular weight is 275 g/mol. The quantitative estimate of drug-likeness (QED) is 0.888. The van der Waals surface area contributed by atoms with E-state index in [-0.39, 0.29) is 17.9 Å². The third-order valence-corrected chi connectivity index (χ3v) is 3.96. The number of hydrogen-bond donors (Lipinski definition) is 2. The van der Waals surface area contributed by atoms with Crippen LogP contribution >= 0.6 is 0 Å². The zero-order valence-corrected chi connectivity index (χ0v) is 11.9. The van der Waals surface area contributed by atoms with Gasteiger partial charge in [-0.15, -0.1) is 0 Å². The summed E-state index contributed by atoms with van der Waals surface area (Å²) in [6.07, 6.45) is 1.92. The minimum absolute atomic E-state index is 0.0200. The van der Waals surface area contributed by atoms with Crippen LogP contribution in [0.3, 0.4) is 0 Å². The van der Waals surface area contributed by atoms with Gasteiger partial charge in [0.15, 0.2) is 0 Å². The molecule has 2 rings (SSSR count). The van der Waals surface area contributed by atoms with Crippen LogP contribution in [-0.4, -0.2) is 23.0 Å². The smallest absolute Gasteiger partial charge is 0.306 e. The standard InChI is InChI=1S/C16H21NO3/c1-10(2)11-3-5-12(6-4-11)15(18)17-14-8-7-13(9-14)16(19)20/h3-6,10,13-14H,7-9H2,1-2H3,(H,17,18)(H,19,20). The molecule has 0 heterocycles. The van der Waals surface area contributed by atoms with Crippen molar-refractivity contribution in [3.63, 3.8) is 0 Å². The van der Waals surface area contributed by atoms with Gasteiger partial charge in [-0.25, -0.2) is 0 Å². The van der Waals surface area contributed by atoms with E-state index in [0.717, 1.165) is 6.42 Å². The Morgan fingerprint density at radius 1 is 1.20 bits per heavy atom. The van der Waals surface area contributed by atoms with E-state index in [1.165, 1.54) is 5.56 Å². The largest absolute Gasteiger partial charge is 0.481 e. The molecule has 1 aliphatic carbocycles. The van der Waals surface area contributed by atoms with Crippen LogP contribution in [-0.2, 0) is 4.79 Å². The van der Waals surface area contributed by atoms with E-state index in [1.807, 2.05) is 24.3 Å². The highest BCUT2D eigenvalue weighted by Crippen LogP contribution is 2.26. The van der Waals surface area contributed by atoms with E-state index in [2.05, 4.69) is 19.2 Å². The molecule has 1 amide bonds. The van der Waals surface area contributed by atoms with Crippen LogP contribution in [0, 0.1) is 5.92 Å². The monoisotopic (exact) mass is 275 g/mol. The molecule has 1 aliphatic rings. The summed E-state index contributed by atoms with van der Waals surface area (Å²) in [6, 6.07) is 7.57. The van der Waals surface area contributed by atoms with Gasteiger partial charge in [-0.05, 0) is 42.9 Å². The van der Waals surface area contributed by atoms with Crippen molar-refractivity contribution in [1.29, 1.82) is 0 Å². The van der Waals surface area contributed by atoms with Gasteiger partial charge in [-0.3, -0.25) is 9.59 Å². The van der Waals surface area contributed by atoms with Crippen molar-refractivity contribution in [2.24, 2.45) is 5.92 Å². The molecule has 2 atom stereocenters. The van der Waals surface area contributed by atoms with Crippen LogP contribution in [0.25, 0.3) is 0 Å². The third-order valence-electron chi connectivity index (χ3n) is 3.96. The number of aliphatic carboxylic acids is 1. The molecular weight excluding hydrogens is 254 g/mol. The minimum Gasteiger partial charge on any atom is -0.481 e. The number of carboxylic acids is 1. The Kier molecular flexibility index (Phi) is 4.42. The van der Waals surface area contributed by atoms with Crippen LogP contribution in [0.5, 0.6) is 0 Å². The van der Waals surface area contributed by atoms with Crippen LogP contribution in [0.2, 0.25) is 0 Å². The first-order valence-corrected chi connectivity index (χ1v) is 7.11. The lowest BCUT2D eigenvalue weighted by atomic mass is 10.0. The molecule has 0 saturated heterocycles. The fourth-order valence-electron chi connectivity index (χ4n) is 2.63. The molecule has 0 aliphatic heterocycles. The summed E-state index contributed by atoms with van der Waals surface area (Å²) in [5.41, 5.74) is 1.83. The summed E-state index contributed by atoms with van der Waals surface area (Å²) in [4.78, 5) is 23.0.